The van der Waals surface area contributed by atoms with Gasteiger partial charge in [-0.3, -0.25) is 14.5 Å². The molecule has 3 N–H and O–H groups in total. The molecule has 2 heterocycles. The number of carbonyl (C=O) groups is 2. The van der Waals surface area contributed by atoms with E-state index in [2.05, 4.69) is 33.0 Å². The molecular formula is C24H30N4O2. The first-order chi connectivity index (χ1) is 14.7. The minimum absolute atomic E-state index is 0.0604. The Morgan fingerprint density at radius 1 is 1.00 bits per heavy atom. The lowest BCUT2D eigenvalue weighted by Crippen LogP contribution is -2.58. The molecule has 2 fully saturated rings. The van der Waals surface area contributed by atoms with Gasteiger partial charge in [-0.25, -0.2) is 0 Å². The minimum atomic E-state index is -0.0931. The lowest BCUT2D eigenvalue weighted by molar-refractivity contribution is -0.129. The molecule has 0 radical (unpaired) electrons. The first kappa shape index (κ1) is 20.6. The van der Waals surface area contributed by atoms with Crippen LogP contribution in [0, 0.1) is 0 Å². The Morgan fingerprint density at radius 2 is 1.67 bits per heavy atom. The van der Waals surface area contributed by atoms with Gasteiger partial charge in [-0.1, -0.05) is 60.7 Å². The molecule has 0 saturated carbocycles. The molecular weight excluding hydrogens is 376 g/mol. The number of nitrogens with one attached hydrogen (secondary N) is 3. The van der Waals surface area contributed by atoms with Gasteiger partial charge in [0.1, 0.15) is 0 Å². The quantitative estimate of drug-likeness (QED) is 0.625. The molecule has 0 spiro atoms. The second kappa shape index (κ2) is 9.87. The number of piperazine rings is 1. The highest BCUT2D eigenvalue weighted by Crippen LogP contribution is 2.26. The summed E-state index contributed by atoms with van der Waals surface area (Å²) in [4.78, 5) is 27.0. The SMILES string of the molecule is O=C(CC[C@@H]1CNC(=O)[C@@H]2C[C@H](NCc3ccccc3)CN12)NCc1ccccc1. The normalized spacial score (nSPS) is 23.6. The predicted molar refractivity (Wildman–Crippen MR) is 117 cm³/mol. The number of hydrogen-bond acceptors (Lipinski definition) is 4. The number of nitrogens with zero attached hydrogens (tertiary/aromatic N) is 1. The van der Waals surface area contributed by atoms with E-state index in [0.717, 1.165) is 31.5 Å². The van der Waals surface area contributed by atoms with Crippen molar-refractivity contribution in [1.82, 2.24) is 20.9 Å². The van der Waals surface area contributed by atoms with E-state index >= 15 is 0 Å². The van der Waals surface area contributed by atoms with Crippen LogP contribution in [0.3, 0.4) is 0 Å². The number of hydrogen-bond donors (Lipinski definition) is 3. The molecule has 2 saturated heterocycles. The maximum atomic E-state index is 12.4. The summed E-state index contributed by atoms with van der Waals surface area (Å²) >= 11 is 0. The van der Waals surface area contributed by atoms with Gasteiger partial charge in [0.2, 0.25) is 11.8 Å². The Morgan fingerprint density at radius 3 is 2.37 bits per heavy atom. The molecule has 2 aliphatic rings. The van der Waals surface area contributed by atoms with Crippen molar-refractivity contribution in [2.24, 2.45) is 0 Å². The van der Waals surface area contributed by atoms with Crippen LogP contribution in [-0.4, -0.2) is 47.9 Å². The van der Waals surface area contributed by atoms with Gasteiger partial charge in [-0.2, -0.15) is 0 Å². The van der Waals surface area contributed by atoms with Gasteiger partial charge < -0.3 is 16.0 Å². The van der Waals surface area contributed by atoms with Crippen LogP contribution in [0.1, 0.15) is 30.4 Å². The summed E-state index contributed by atoms with van der Waals surface area (Å²) in [6, 6.07) is 20.7. The van der Waals surface area contributed by atoms with E-state index in [1.807, 2.05) is 48.5 Å². The molecule has 158 valence electrons. The van der Waals surface area contributed by atoms with Crippen molar-refractivity contribution in [1.29, 1.82) is 0 Å². The second-order valence-corrected chi connectivity index (χ2v) is 8.21. The third-order valence-corrected chi connectivity index (χ3v) is 6.10. The molecule has 0 aliphatic carbocycles. The van der Waals surface area contributed by atoms with Crippen LogP contribution in [0.2, 0.25) is 0 Å². The first-order valence-corrected chi connectivity index (χ1v) is 10.8. The van der Waals surface area contributed by atoms with Gasteiger partial charge >= 0.3 is 0 Å². The fourth-order valence-corrected chi connectivity index (χ4v) is 4.43. The van der Waals surface area contributed by atoms with Crippen molar-refractivity contribution in [2.75, 3.05) is 13.1 Å². The molecule has 2 aromatic rings. The van der Waals surface area contributed by atoms with Crippen LogP contribution in [-0.2, 0) is 22.7 Å². The van der Waals surface area contributed by atoms with Crippen LogP contribution < -0.4 is 16.0 Å². The molecule has 30 heavy (non-hydrogen) atoms. The van der Waals surface area contributed by atoms with E-state index in [4.69, 9.17) is 0 Å². The van der Waals surface area contributed by atoms with Crippen molar-refractivity contribution in [3.05, 3.63) is 71.8 Å². The van der Waals surface area contributed by atoms with E-state index in [0.29, 0.717) is 19.5 Å². The van der Waals surface area contributed by atoms with Crippen molar-refractivity contribution in [3.8, 4) is 0 Å². The van der Waals surface area contributed by atoms with E-state index < -0.39 is 0 Å². The van der Waals surface area contributed by atoms with Crippen LogP contribution >= 0.6 is 0 Å². The predicted octanol–water partition coefficient (Wildman–Crippen LogP) is 1.81. The zero-order valence-electron chi connectivity index (χ0n) is 17.2. The first-order valence-electron chi connectivity index (χ1n) is 10.8. The number of rotatable bonds is 8. The van der Waals surface area contributed by atoms with E-state index in [1.165, 1.54) is 5.56 Å². The molecule has 2 aromatic carbocycles. The highest BCUT2D eigenvalue weighted by Gasteiger charge is 2.43. The maximum Gasteiger partial charge on any atom is 0.237 e. The molecule has 2 aliphatic heterocycles. The van der Waals surface area contributed by atoms with Crippen LogP contribution in [0.4, 0.5) is 0 Å². The Balaban J connectivity index is 1.25. The standard InChI is InChI=1S/C24H30N4O2/c29-23(26-15-19-9-5-2-6-10-19)12-11-21-16-27-24(30)22-13-20(17-28(21)22)25-14-18-7-3-1-4-8-18/h1-10,20-22,25H,11-17H2,(H,26,29)(H,27,30)/t20-,21+,22-/m0/s1. The van der Waals surface area contributed by atoms with Gasteiger partial charge in [0.15, 0.2) is 0 Å². The average molecular weight is 407 g/mol. The largest absolute Gasteiger partial charge is 0.353 e. The van der Waals surface area contributed by atoms with Gasteiger partial charge in [0.05, 0.1) is 6.04 Å². The van der Waals surface area contributed by atoms with Crippen molar-refractivity contribution in [2.45, 2.75) is 50.5 Å². The Hall–Kier alpha value is -2.70. The minimum Gasteiger partial charge on any atom is -0.353 e. The fourth-order valence-electron chi connectivity index (χ4n) is 4.43. The topological polar surface area (TPSA) is 73.5 Å². The maximum absolute atomic E-state index is 12.4. The zero-order valence-corrected chi connectivity index (χ0v) is 17.2. The molecule has 6 nitrogen and oxygen atoms in total. The molecule has 3 atom stereocenters. The smallest absolute Gasteiger partial charge is 0.237 e. The van der Waals surface area contributed by atoms with Gasteiger partial charge in [-0.15, -0.1) is 0 Å². The Kier molecular flexibility index (Phi) is 6.77. The van der Waals surface area contributed by atoms with E-state index in [9.17, 15) is 9.59 Å². The summed E-state index contributed by atoms with van der Waals surface area (Å²) in [5.41, 5.74) is 2.35. The highest BCUT2D eigenvalue weighted by molar-refractivity contribution is 5.83. The third kappa shape index (κ3) is 5.26. The van der Waals surface area contributed by atoms with Gasteiger partial charge in [0, 0.05) is 44.7 Å². The average Bonchev–Trinajstić information content (AvgIpc) is 3.23. The van der Waals surface area contributed by atoms with Crippen LogP contribution in [0.15, 0.2) is 60.7 Å². The summed E-state index contributed by atoms with van der Waals surface area (Å²) in [6.07, 6.45) is 2.04. The van der Waals surface area contributed by atoms with Gasteiger partial charge in [-0.05, 0) is 24.0 Å². The Bertz CT molecular complexity index is 843. The summed E-state index contributed by atoms with van der Waals surface area (Å²) in [6.45, 7) is 2.83. The third-order valence-electron chi connectivity index (χ3n) is 6.10. The van der Waals surface area contributed by atoms with E-state index in [-0.39, 0.29) is 29.9 Å². The summed E-state index contributed by atoms with van der Waals surface area (Å²) in [5, 5.41) is 9.63. The number of fused-ring (bicyclic) bond motifs is 1. The molecule has 2 amide bonds. The van der Waals surface area contributed by atoms with Crippen molar-refractivity contribution < 1.29 is 9.59 Å². The monoisotopic (exact) mass is 406 g/mol. The van der Waals surface area contributed by atoms with Crippen LogP contribution in [0.25, 0.3) is 0 Å². The number of carbonyl (C=O) groups excluding carboxylic acids is 2. The van der Waals surface area contributed by atoms with E-state index in [1.54, 1.807) is 0 Å². The molecule has 6 heteroatoms. The lowest BCUT2D eigenvalue weighted by atomic mass is 10.0. The number of benzene rings is 2. The summed E-state index contributed by atoms with van der Waals surface area (Å²) in [7, 11) is 0. The van der Waals surface area contributed by atoms with Crippen molar-refractivity contribution in [3.63, 3.8) is 0 Å². The summed E-state index contributed by atoms with van der Waals surface area (Å²) in [5.74, 6) is 0.175. The van der Waals surface area contributed by atoms with Crippen LogP contribution in [0.5, 0.6) is 0 Å². The summed E-state index contributed by atoms with van der Waals surface area (Å²) < 4.78 is 0. The lowest BCUT2D eigenvalue weighted by Gasteiger charge is -2.37. The van der Waals surface area contributed by atoms with Crippen molar-refractivity contribution >= 4 is 11.8 Å². The molecule has 4 rings (SSSR count). The molecule has 0 aromatic heterocycles. The zero-order chi connectivity index (χ0) is 20.8. The fraction of sp³-hybridized carbons (Fsp3) is 0.417. The number of amides is 2. The molecule has 0 bridgehead atoms. The Labute approximate surface area is 178 Å². The highest BCUT2D eigenvalue weighted by atomic mass is 16.2. The molecule has 0 unspecified atom stereocenters. The second-order valence-electron chi connectivity index (χ2n) is 8.21. The van der Waals surface area contributed by atoms with Gasteiger partial charge in [0.25, 0.3) is 0 Å².